The Morgan fingerprint density at radius 2 is 2.00 bits per heavy atom. The summed E-state index contributed by atoms with van der Waals surface area (Å²) in [6.07, 6.45) is 8.94. The van der Waals surface area contributed by atoms with Crippen LogP contribution >= 0.6 is 0 Å². The topological polar surface area (TPSA) is 55.3 Å². The van der Waals surface area contributed by atoms with Crippen molar-refractivity contribution >= 4 is 5.91 Å². The van der Waals surface area contributed by atoms with E-state index in [4.69, 9.17) is 9.72 Å². The highest BCUT2D eigenvalue weighted by Gasteiger charge is 2.49. The first-order chi connectivity index (χ1) is 14.6. The molecule has 30 heavy (non-hydrogen) atoms. The van der Waals surface area contributed by atoms with Crippen LogP contribution in [0.3, 0.4) is 0 Å². The molecule has 5 nitrogen and oxygen atoms in total. The van der Waals surface area contributed by atoms with Crippen LogP contribution in [0.15, 0.2) is 30.5 Å². The molecule has 0 radical (unpaired) electrons. The molecule has 6 heteroatoms. The zero-order valence-electron chi connectivity index (χ0n) is 17.4. The van der Waals surface area contributed by atoms with Crippen LogP contribution in [-0.2, 0) is 0 Å². The van der Waals surface area contributed by atoms with E-state index in [-0.39, 0.29) is 29.7 Å². The second-order valence-electron chi connectivity index (χ2n) is 9.00. The van der Waals surface area contributed by atoms with Crippen molar-refractivity contribution in [2.24, 2.45) is 5.92 Å². The molecule has 2 aromatic heterocycles. The van der Waals surface area contributed by atoms with Crippen molar-refractivity contribution in [3.05, 3.63) is 53.2 Å². The zero-order chi connectivity index (χ0) is 20.7. The van der Waals surface area contributed by atoms with Crippen molar-refractivity contribution in [3.63, 3.8) is 0 Å². The third-order valence-electron chi connectivity index (χ3n) is 7.11. The second kappa shape index (κ2) is 7.97. The van der Waals surface area contributed by atoms with Gasteiger partial charge in [-0.15, -0.1) is 0 Å². The summed E-state index contributed by atoms with van der Waals surface area (Å²) in [5, 5.41) is 0. The molecule has 0 N–H and O–H groups in total. The van der Waals surface area contributed by atoms with Gasteiger partial charge in [-0.2, -0.15) is 0 Å². The molecule has 2 bridgehead atoms. The van der Waals surface area contributed by atoms with E-state index in [1.54, 1.807) is 6.07 Å². The molecule has 3 aliphatic rings. The number of aromatic nitrogens is 2. The van der Waals surface area contributed by atoms with E-state index in [0.717, 1.165) is 43.4 Å². The number of nitrogens with zero attached hydrogens (tertiary/aromatic N) is 3. The molecule has 3 atom stereocenters. The molecule has 2 saturated heterocycles. The fourth-order valence-electron chi connectivity index (χ4n) is 5.68. The summed E-state index contributed by atoms with van der Waals surface area (Å²) in [6, 6.07) is 7.51. The van der Waals surface area contributed by atoms with Gasteiger partial charge in [0.05, 0.1) is 12.8 Å². The average molecular weight is 410 g/mol. The van der Waals surface area contributed by atoms with Crippen molar-refractivity contribution in [2.45, 2.75) is 69.9 Å². The number of aryl methyl sites for hydroxylation is 1. The molecule has 4 heterocycles. The smallest absolute Gasteiger partial charge is 0.273 e. The largest absolute Gasteiger partial charge is 0.477 e. The standard InChI is InChI=1S/C24H28FN3O2/c1-15-6-9-20(16-4-2-3-5-16)23(27-15)24(29)28-19-8-10-21(28)17(12-19)14-30-22-11-7-18(25)13-26-22/h6-7,9,11,13,16-17,19,21H,2-5,8,10,12,14H2,1H3. The summed E-state index contributed by atoms with van der Waals surface area (Å²) in [4.78, 5) is 24.5. The van der Waals surface area contributed by atoms with Crippen molar-refractivity contribution < 1.29 is 13.9 Å². The lowest BCUT2D eigenvalue weighted by Gasteiger charge is -2.26. The molecule has 1 amide bonds. The van der Waals surface area contributed by atoms with Crippen LogP contribution in [-0.4, -0.2) is 39.5 Å². The summed E-state index contributed by atoms with van der Waals surface area (Å²) >= 11 is 0. The minimum Gasteiger partial charge on any atom is -0.477 e. The molecule has 3 unspecified atom stereocenters. The van der Waals surface area contributed by atoms with E-state index < -0.39 is 0 Å². The van der Waals surface area contributed by atoms with Crippen LogP contribution in [0, 0.1) is 18.7 Å². The fraction of sp³-hybridized carbons (Fsp3) is 0.542. The summed E-state index contributed by atoms with van der Waals surface area (Å²) in [6.45, 7) is 2.46. The van der Waals surface area contributed by atoms with Gasteiger partial charge in [-0.25, -0.2) is 14.4 Å². The van der Waals surface area contributed by atoms with Gasteiger partial charge in [0.25, 0.3) is 5.91 Å². The van der Waals surface area contributed by atoms with Gasteiger partial charge in [-0.1, -0.05) is 18.9 Å². The van der Waals surface area contributed by atoms with Gasteiger partial charge in [-0.3, -0.25) is 4.79 Å². The van der Waals surface area contributed by atoms with Gasteiger partial charge in [0.1, 0.15) is 11.5 Å². The maximum atomic E-state index is 13.7. The molecule has 3 fully saturated rings. The number of amides is 1. The lowest BCUT2D eigenvalue weighted by molar-refractivity contribution is 0.0701. The van der Waals surface area contributed by atoms with E-state index >= 15 is 0 Å². The predicted octanol–water partition coefficient (Wildman–Crippen LogP) is 4.65. The summed E-state index contributed by atoms with van der Waals surface area (Å²) in [5.41, 5.74) is 2.70. The molecule has 0 spiro atoms. The first kappa shape index (κ1) is 19.5. The molecule has 2 aliphatic heterocycles. The van der Waals surface area contributed by atoms with Crippen LogP contribution < -0.4 is 4.74 Å². The third kappa shape index (κ3) is 3.57. The Balaban J connectivity index is 1.33. The summed E-state index contributed by atoms with van der Waals surface area (Å²) in [5.74, 6) is 0.888. The molecule has 1 saturated carbocycles. The predicted molar refractivity (Wildman–Crippen MR) is 111 cm³/mol. The van der Waals surface area contributed by atoms with Gasteiger partial charge in [0.15, 0.2) is 0 Å². The second-order valence-corrected chi connectivity index (χ2v) is 9.00. The van der Waals surface area contributed by atoms with Gasteiger partial charge >= 0.3 is 0 Å². The van der Waals surface area contributed by atoms with Crippen molar-refractivity contribution in [1.29, 1.82) is 0 Å². The monoisotopic (exact) mass is 409 g/mol. The van der Waals surface area contributed by atoms with E-state index in [9.17, 15) is 9.18 Å². The Kier molecular flexibility index (Phi) is 5.17. The van der Waals surface area contributed by atoms with Gasteiger partial charge < -0.3 is 9.64 Å². The van der Waals surface area contributed by atoms with Crippen molar-refractivity contribution in [3.8, 4) is 5.88 Å². The lowest BCUT2D eigenvalue weighted by Crippen LogP contribution is -2.38. The molecule has 158 valence electrons. The Morgan fingerprint density at radius 1 is 1.17 bits per heavy atom. The number of halogens is 1. The highest BCUT2D eigenvalue weighted by molar-refractivity contribution is 5.95. The maximum absolute atomic E-state index is 13.7. The van der Waals surface area contributed by atoms with Crippen molar-refractivity contribution in [2.75, 3.05) is 6.61 Å². The van der Waals surface area contributed by atoms with E-state index in [2.05, 4.69) is 16.0 Å². The molecular formula is C24H28FN3O2. The van der Waals surface area contributed by atoms with Crippen LogP contribution in [0.4, 0.5) is 4.39 Å². The van der Waals surface area contributed by atoms with Crippen LogP contribution in [0.25, 0.3) is 0 Å². The number of ether oxygens (including phenoxy) is 1. The SMILES string of the molecule is Cc1ccc(C2CCCC2)c(C(=O)N2C3CCC2C(COc2ccc(F)cn2)C3)n1. The van der Waals surface area contributed by atoms with Crippen LogP contribution in [0.5, 0.6) is 5.88 Å². The van der Waals surface area contributed by atoms with E-state index in [1.807, 2.05) is 13.0 Å². The normalized spacial score (nSPS) is 25.8. The first-order valence-electron chi connectivity index (χ1n) is 11.1. The minimum atomic E-state index is -0.372. The molecule has 5 rings (SSSR count). The maximum Gasteiger partial charge on any atom is 0.273 e. The molecule has 1 aliphatic carbocycles. The third-order valence-corrected chi connectivity index (χ3v) is 7.11. The fourth-order valence-corrected chi connectivity index (χ4v) is 5.68. The number of rotatable bonds is 5. The quantitative estimate of drug-likeness (QED) is 0.721. The molecule has 2 aromatic rings. The number of carbonyl (C=O) groups is 1. The minimum absolute atomic E-state index is 0.0931. The Bertz CT molecular complexity index is 927. The molecule has 0 aromatic carbocycles. The number of fused-ring (bicyclic) bond motifs is 2. The highest BCUT2D eigenvalue weighted by Crippen LogP contribution is 2.44. The number of carbonyl (C=O) groups excluding carboxylic acids is 1. The van der Waals surface area contributed by atoms with Gasteiger partial charge in [-0.05, 0) is 62.6 Å². The zero-order valence-corrected chi connectivity index (χ0v) is 17.4. The Labute approximate surface area is 176 Å². The Hall–Kier alpha value is -2.50. The van der Waals surface area contributed by atoms with E-state index in [1.165, 1.54) is 25.1 Å². The van der Waals surface area contributed by atoms with Crippen molar-refractivity contribution in [1.82, 2.24) is 14.9 Å². The van der Waals surface area contributed by atoms with E-state index in [0.29, 0.717) is 24.1 Å². The average Bonchev–Trinajstić information content (AvgIpc) is 3.49. The summed E-state index contributed by atoms with van der Waals surface area (Å²) in [7, 11) is 0. The molecular weight excluding hydrogens is 381 g/mol. The number of pyridine rings is 2. The van der Waals surface area contributed by atoms with Crippen LogP contribution in [0.2, 0.25) is 0 Å². The Morgan fingerprint density at radius 3 is 2.77 bits per heavy atom. The lowest BCUT2D eigenvalue weighted by atomic mass is 9.90. The van der Waals surface area contributed by atoms with Crippen LogP contribution in [0.1, 0.15) is 72.6 Å². The highest BCUT2D eigenvalue weighted by atomic mass is 19.1. The van der Waals surface area contributed by atoms with Gasteiger partial charge in [0.2, 0.25) is 5.88 Å². The first-order valence-corrected chi connectivity index (χ1v) is 11.1. The number of hydrogen-bond donors (Lipinski definition) is 0. The number of hydrogen-bond acceptors (Lipinski definition) is 4. The summed E-state index contributed by atoms with van der Waals surface area (Å²) < 4.78 is 18.9. The van der Waals surface area contributed by atoms with Gasteiger partial charge in [0, 0.05) is 29.8 Å².